The summed E-state index contributed by atoms with van der Waals surface area (Å²) in [6, 6.07) is 0.725. The Bertz CT molecular complexity index is 225. The smallest absolute Gasteiger partial charge is 0.211 e. The Labute approximate surface area is 121 Å². The maximum Gasteiger partial charge on any atom is 0.211 e. The lowest BCUT2D eigenvalue weighted by atomic mass is 9.67. The van der Waals surface area contributed by atoms with E-state index in [1.807, 2.05) is 0 Å². The number of piperidine rings is 2. The molecule has 0 bridgehead atoms. The number of rotatable bonds is 4. The molecule has 2 aliphatic rings. The minimum atomic E-state index is 0.725. The van der Waals surface area contributed by atoms with Gasteiger partial charge in [0.2, 0.25) is 7.41 Å². The Kier molecular flexibility index (Phi) is 5.77. The molecule has 19 heavy (non-hydrogen) atoms. The van der Waals surface area contributed by atoms with Crippen LogP contribution >= 0.6 is 0 Å². The van der Waals surface area contributed by atoms with Gasteiger partial charge in [-0.25, -0.2) is 0 Å². The van der Waals surface area contributed by atoms with E-state index >= 15 is 0 Å². The fourth-order valence-electron chi connectivity index (χ4n) is 3.62. The molecule has 0 saturated carbocycles. The Hall–Kier alpha value is -0.0151. The van der Waals surface area contributed by atoms with Gasteiger partial charge in [-0.05, 0) is 83.4 Å². The van der Waals surface area contributed by atoms with Crippen LogP contribution in [0, 0.1) is 11.8 Å². The third-order valence-corrected chi connectivity index (χ3v) is 5.24. The maximum absolute atomic E-state index is 2.62. The molecule has 2 nitrogen and oxygen atoms in total. The minimum Gasteiger partial charge on any atom is -0.346 e. The molecule has 2 saturated heterocycles. The molecule has 2 heterocycles. The summed E-state index contributed by atoms with van der Waals surface area (Å²) in [6.45, 7) is 14.6. The molecule has 0 aromatic carbocycles. The minimum absolute atomic E-state index is 0.725. The Morgan fingerprint density at radius 2 is 1.42 bits per heavy atom. The summed E-state index contributed by atoms with van der Waals surface area (Å²) in [5.41, 5.74) is 0. The number of likely N-dealkylation sites (tertiary alicyclic amines) is 1. The lowest BCUT2D eigenvalue weighted by Gasteiger charge is -2.39. The van der Waals surface area contributed by atoms with E-state index in [1.54, 1.807) is 0 Å². The zero-order chi connectivity index (χ0) is 13.8. The molecule has 109 valence electrons. The summed E-state index contributed by atoms with van der Waals surface area (Å²) in [4.78, 5) is 5.24. The molecule has 3 heteroatoms. The number of hydrogen-bond donors (Lipinski definition) is 0. The Balaban J connectivity index is 1.67. The fraction of sp³-hybridized carbons (Fsp3) is 1.00. The fourth-order valence-corrected chi connectivity index (χ4v) is 3.62. The van der Waals surface area contributed by atoms with Crippen molar-refractivity contribution in [3.8, 4) is 0 Å². The van der Waals surface area contributed by atoms with Crippen molar-refractivity contribution in [3.05, 3.63) is 0 Å². The van der Waals surface area contributed by atoms with Crippen LogP contribution in [0.25, 0.3) is 0 Å². The van der Waals surface area contributed by atoms with E-state index in [4.69, 9.17) is 0 Å². The molecular formula is C16H32BN2. The van der Waals surface area contributed by atoms with Gasteiger partial charge in [-0.3, -0.25) is 0 Å². The molecule has 1 radical (unpaired) electrons. The van der Waals surface area contributed by atoms with E-state index < -0.39 is 0 Å². The van der Waals surface area contributed by atoms with E-state index in [1.165, 1.54) is 51.9 Å². The van der Waals surface area contributed by atoms with Gasteiger partial charge in [0.25, 0.3) is 0 Å². The summed E-state index contributed by atoms with van der Waals surface area (Å²) in [7, 11) is 2.58. The molecule has 2 fully saturated rings. The third kappa shape index (κ3) is 4.49. The van der Waals surface area contributed by atoms with Gasteiger partial charge < -0.3 is 9.71 Å². The second-order valence-corrected chi connectivity index (χ2v) is 7.23. The zero-order valence-corrected chi connectivity index (χ0v) is 13.4. The van der Waals surface area contributed by atoms with Crippen LogP contribution in [-0.2, 0) is 0 Å². The Morgan fingerprint density at radius 3 is 1.89 bits per heavy atom. The van der Waals surface area contributed by atoms with Crippen LogP contribution in [0.15, 0.2) is 0 Å². The van der Waals surface area contributed by atoms with Crippen LogP contribution in [0.5, 0.6) is 0 Å². The third-order valence-electron chi connectivity index (χ3n) is 5.24. The molecule has 0 spiro atoms. The monoisotopic (exact) mass is 263 g/mol. The van der Waals surface area contributed by atoms with Crippen LogP contribution in [0.4, 0.5) is 0 Å². The van der Waals surface area contributed by atoms with Gasteiger partial charge in [0.1, 0.15) is 0 Å². The first kappa shape index (κ1) is 15.4. The predicted molar refractivity (Wildman–Crippen MR) is 84.6 cm³/mol. The van der Waals surface area contributed by atoms with E-state index in [0.717, 1.165) is 23.7 Å². The number of hydrogen-bond acceptors (Lipinski definition) is 2. The van der Waals surface area contributed by atoms with Crippen molar-refractivity contribution in [1.29, 1.82) is 0 Å². The highest BCUT2D eigenvalue weighted by molar-refractivity contribution is 6.34. The highest BCUT2D eigenvalue weighted by Crippen LogP contribution is 2.28. The van der Waals surface area contributed by atoms with Gasteiger partial charge in [-0.1, -0.05) is 13.8 Å². The quantitative estimate of drug-likeness (QED) is 0.718. The normalized spacial score (nSPS) is 25.4. The van der Waals surface area contributed by atoms with Gasteiger partial charge in [0.05, 0.1) is 0 Å². The van der Waals surface area contributed by atoms with E-state index in [9.17, 15) is 0 Å². The lowest BCUT2D eigenvalue weighted by Crippen LogP contribution is -2.43. The van der Waals surface area contributed by atoms with Crippen molar-refractivity contribution < 1.29 is 0 Å². The summed E-state index contributed by atoms with van der Waals surface area (Å²) in [5, 5.41) is 0. The van der Waals surface area contributed by atoms with Crippen LogP contribution in [0.1, 0.15) is 53.4 Å². The van der Waals surface area contributed by atoms with Crippen molar-refractivity contribution in [2.24, 2.45) is 11.8 Å². The zero-order valence-electron chi connectivity index (χ0n) is 13.4. The molecule has 0 atom stereocenters. The maximum atomic E-state index is 2.62. The van der Waals surface area contributed by atoms with E-state index in [2.05, 4.69) is 44.8 Å². The summed E-state index contributed by atoms with van der Waals surface area (Å²) >= 11 is 0. The van der Waals surface area contributed by atoms with Crippen molar-refractivity contribution in [2.45, 2.75) is 65.2 Å². The summed E-state index contributed by atoms with van der Waals surface area (Å²) in [5.74, 6) is 2.68. The topological polar surface area (TPSA) is 6.48 Å². The molecule has 2 aliphatic heterocycles. The van der Waals surface area contributed by atoms with Crippen LogP contribution in [-0.4, -0.2) is 49.3 Å². The second kappa shape index (κ2) is 7.13. The molecule has 0 N–H and O–H groups in total. The second-order valence-electron chi connectivity index (χ2n) is 7.23. The van der Waals surface area contributed by atoms with Gasteiger partial charge in [-0.15, -0.1) is 0 Å². The van der Waals surface area contributed by atoms with E-state index in [-0.39, 0.29) is 0 Å². The van der Waals surface area contributed by atoms with Crippen molar-refractivity contribution in [2.75, 3.05) is 26.2 Å². The average molecular weight is 263 g/mol. The highest BCUT2D eigenvalue weighted by atomic mass is 15.1. The first-order chi connectivity index (χ1) is 9.06. The summed E-state index contributed by atoms with van der Waals surface area (Å²) in [6.07, 6.45) is 5.53. The van der Waals surface area contributed by atoms with E-state index in [0.29, 0.717) is 0 Å². The SMILES string of the molecule is CC(C)C1CCN([B]C2CCN(C(C)C)CC2)CC1. The molecule has 0 aliphatic carbocycles. The molecule has 0 amide bonds. The predicted octanol–water partition coefficient (Wildman–Crippen LogP) is 3.27. The molecule has 0 aromatic rings. The van der Waals surface area contributed by atoms with Crippen molar-refractivity contribution >= 4 is 7.41 Å². The van der Waals surface area contributed by atoms with Gasteiger partial charge in [0, 0.05) is 6.04 Å². The van der Waals surface area contributed by atoms with Crippen LogP contribution in [0.3, 0.4) is 0 Å². The first-order valence-corrected chi connectivity index (χ1v) is 8.39. The highest BCUT2D eigenvalue weighted by Gasteiger charge is 2.27. The number of nitrogens with zero attached hydrogens (tertiary/aromatic N) is 2. The largest absolute Gasteiger partial charge is 0.346 e. The van der Waals surface area contributed by atoms with Gasteiger partial charge in [-0.2, -0.15) is 0 Å². The molecule has 2 rings (SSSR count). The van der Waals surface area contributed by atoms with Gasteiger partial charge >= 0.3 is 0 Å². The van der Waals surface area contributed by atoms with Crippen LogP contribution in [0.2, 0.25) is 5.82 Å². The molecular weight excluding hydrogens is 231 g/mol. The summed E-state index contributed by atoms with van der Waals surface area (Å²) < 4.78 is 0. The van der Waals surface area contributed by atoms with Gasteiger partial charge in [0.15, 0.2) is 0 Å². The first-order valence-electron chi connectivity index (χ1n) is 8.39. The lowest BCUT2D eigenvalue weighted by molar-refractivity contribution is 0.179. The standard InChI is InChI=1S/C16H32BN2/c1-13(2)15-5-11-19(12-6-15)17-16-7-9-18(10-8-16)14(3)4/h13-16H,5-12H2,1-4H3. The Morgan fingerprint density at radius 1 is 0.842 bits per heavy atom. The van der Waals surface area contributed by atoms with Crippen molar-refractivity contribution in [3.63, 3.8) is 0 Å². The average Bonchev–Trinajstić information content (AvgIpc) is 2.40. The molecule has 0 aromatic heterocycles. The van der Waals surface area contributed by atoms with Crippen molar-refractivity contribution in [1.82, 2.24) is 9.71 Å². The van der Waals surface area contributed by atoms with Crippen LogP contribution < -0.4 is 0 Å². The molecule has 0 unspecified atom stereocenters.